The number of halogens is 3. The molecule has 2 N–H and O–H groups in total. The third kappa shape index (κ3) is 3.94. The average Bonchev–Trinajstić information content (AvgIpc) is 2.98. The Morgan fingerprint density at radius 1 is 1.15 bits per heavy atom. The second-order valence-corrected chi connectivity index (χ2v) is 7.03. The highest BCUT2D eigenvalue weighted by atomic mass is 19.4. The third-order valence-corrected chi connectivity index (χ3v) is 5.34. The van der Waals surface area contributed by atoms with Crippen LogP contribution in [0.25, 0.3) is 0 Å². The first kappa shape index (κ1) is 18.5. The predicted molar refractivity (Wildman–Crippen MR) is 87.5 cm³/mol. The number of alkyl halides is 3. The largest absolute Gasteiger partial charge is 0.481 e. The zero-order valence-electron chi connectivity index (χ0n) is 14.1. The van der Waals surface area contributed by atoms with Gasteiger partial charge in [-0.15, -0.1) is 0 Å². The van der Waals surface area contributed by atoms with Crippen molar-refractivity contribution in [3.05, 3.63) is 35.4 Å². The highest BCUT2D eigenvalue weighted by Gasteiger charge is 2.53. The zero-order chi connectivity index (χ0) is 18.9. The number of carbonyl (C=O) groups is 2. The first-order valence-electron chi connectivity index (χ1n) is 8.67. The fourth-order valence-corrected chi connectivity index (χ4v) is 3.49. The van der Waals surface area contributed by atoms with Crippen LogP contribution in [0.15, 0.2) is 24.3 Å². The van der Waals surface area contributed by atoms with Crippen LogP contribution < -0.4 is 5.32 Å². The highest BCUT2D eigenvalue weighted by Crippen LogP contribution is 2.38. The van der Waals surface area contributed by atoms with Crippen LogP contribution in [0.3, 0.4) is 0 Å². The van der Waals surface area contributed by atoms with Gasteiger partial charge in [0, 0.05) is 19.6 Å². The van der Waals surface area contributed by atoms with Gasteiger partial charge in [-0.1, -0.05) is 30.7 Å². The van der Waals surface area contributed by atoms with Crippen LogP contribution in [0.2, 0.25) is 0 Å². The monoisotopic (exact) mass is 370 g/mol. The van der Waals surface area contributed by atoms with Crippen LogP contribution >= 0.6 is 0 Å². The van der Waals surface area contributed by atoms with Gasteiger partial charge < -0.3 is 15.3 Å². The number of nitrogens with one attached hydrogen (secondary N) is 1. The SMILES string of the molecule is O=C(O)[C@@H]1CN(C(=O)NCc2ccc(C3CCC3)cc2)C[C@H]1C(F)(F)F. The van der Waals surface area contributed by atoms with Gasteiger partial charge in [0.05, 0.1) is 11.8 Å². The fourth-order valence-electron chi connectivity index (χ4n) is 3.49. The van der Waals surface area contributed by atoms with Crippen LogP contribution in [0, 0.1) is 11.8 Å². The maximum absolute atomic E-state index is 13.0. The van der Waals surface area contributed by atoms with Gasteiger partial charge in [-0.3, -0.25) is 4.79 Å². The molecule has 1 aliphatic carbocycles. The number of rotatable bonds is 4. The van der Waals surface area contributed by atoms with Gasteiger partial charge in [0.25, 0.3) is 0 Å². The number of aliphatic carboxylic acids is 1. The number of carboxylic acids is 1. The Morgan fingerprint density at radius 3 is 2.27 bits per heavy atom. The van der Waals surface area contributed by atoms with Crippen molar-refractivity contribution in [2.75, 3.05) is 13.1 Å². The second-order valence-electron chi connectivity index (χ2n) is 7.03. The van der Waals surface area contributed by atoms with Crippen molar-refractivity contribution in [1.29, 1.82) is 0 Å². The summed E-state index contributed by atoms with van der Waals surface area (Å²) < 4.78 is 38.9. The molecule has 2 fully saturated rings. The summed E-state index contributed by atoms with van der Waals surface area (Å²) in [7, 11) is 0. The normalized spacial score (nSPS) is 23.6. The topological polar surface area (TPSA) is 69.6 Å². The standard InChI is InChI=1S/C18H21F3N2O3/c19-18(20,21)15-10-23(9-14(15)16(24)25)17(26)22-8-11-4-6-13(7-5-11)12-2-1-3-12/h4-7,12,14-15H,1-3,8-10H2,(H,22,26)(H,24,25)/t14-,15-/m1/s1. The summed E-state index contributed by atoms with van der Waals surface area (Å²) in [6, 6.07) is 7.15. The van der Waals surface area contributed by atoms with Crippen LogP contribution in [-0.4, -0.2) is 41.3 Å². The number of nitrogens with zero attached hydrogens (tertiary/aromatic N) is 1. The average molecular weight is 370 g/mol. The van der Waals surface area contributed by atoms with Crippen molar-refractivity contribution in [1.82, 2.24) is 10.2 Å². The van der Waals surface area contributed by atoms with Crippen molar-refractivity contribution in [2.45, 2.75) is 37.9 Å². The molecule has 0 unspecified atom stereocenters. The van der Waals surface area contributed by atoms with Gasteiger partial charge in [-0.25, -0.2) is 4.79 Å². The fraction of sp³-hybridized carbons (Fsp3) is 0.556. The zero-order valence-corrected chi connectivity index (χ0v) is 14.1. The third-order valence-electron chi connectivity index (χ3n) is 5.34. The summed E-state index contributed by atoms with van der Waals surface area (Å²) >= 11 is 0. The minimum Gasteiger partial charge on any atom is -0.481 e. The van der Waals surface area contributed by atoms with Crippen LogP contribution in [0.1, 0.15) is 36.3 Å². The van der Waals surface area contributed by atoms with Gasteiger partial charge in [0.2, 0.25) is 0 Å². The number of benzene rings is 1. The molecule has 5 nitrogen and oxygen atoms in total. The Balaban J connectivity index is 1.55. The molecule has 1 aromatic carbocycles. The molecule has 0 aromatic heterocycles. The quantitative estimate of drug-likeness (QED) is 0.854. The Morgan fingerprint density at radius 2 is 1.81 bits per heavy atom. The molecule has 3 rings (SSSR count). The number of carbonyl (C=O) groups excluding carboxylic acids is 1. The molecule has 26 heavy (non-hydrogen) atoms. The number of likely N-dealkylation sites (tertiary alicyclic amines) is 1. The molecular formula is C18H21F3N2O3. The van der Waals surface area contributed by atoms with E-state index < -0.39 is 43.1 Å². The summed E-state index contributed by atoms with van der Waals surface area (Å²) in [4.78, 5) is 24.1. The van der Waals surface area contributed by atoms with E-state index in [4.69, 9.17) is 5.11 Å². The summed E-state index contributed by atoms with van der Waals surface area (Å²) in [6.07, 6.45) is -1.02. The molecule has 1 saturated carbocycles. The maximum Gasteiger partial charge on any atom is 0.394 e. The number of hydrogen-bond donors (Lipinski definition) is 2. The van der Waals surface area contributed by atoms with Gasteiger partial charge in [-0.05, 0) is 29.9 Å². The molecule has 1 aromatic rings. The summed E-state index contributed by atoms with van der Waals surface area (Å²) in [5.41, 5.74) is 2.12. The number of hydrogen-bond acceptors (Lipinski definition) is 2. The van der Waals surface area contributed by atoms with Crippen molar-refractivity contribution in [2.24, 2.45) is 11.8 Å². The first-order chi connectivity index (χ1) is 12.3. The molecule has 2 amide bonds. The molecule has 0 spiro atoms. The van der Waals surface area contributed by atoms with E-state index in [2.05, 4.69) is 5.32 Å². The second kappa shape index (κ2) is 7.17. The predicted octanol–water partition coefficient (Wildman–Crippen LogP) is 3.36. The molecule has 142 valence electrons. The lowest BCUT2D eigenvalue weighted by molar-refractivity contribution is -0.187. The van der Waals surface area contributed by atoms with Crippen molar-refractivity contribution < 1.29 is 27.9 Å². The molecule has 1 saturated heterocycles. The van der Waals surface area contributed by atoms with E-state index in [1.54, 1.807) is 0 Å². The Kier molecular flexibility index (Phi) is 5.11. The Labute approximate surface area is 149 Å². The first-order valence-corrected chi connectivity index (χ1v) is 8.67. The Bertz CT molecular complexity index is 671. The van der Waals surface area contributed by atoms with Gasteiger partial charge in [0.1, 0.15) is 0 Å². The van der Waals surface area contributed by atoms with Gasteiger partial charge >= 0.3 is 18.2 Å². The molecular weight excluding hydrogens is 349 g/mol. The smallest absolute Gasteiger partial charge is 0.394 e. The molecule has 0 radical (unpaired) electrons. The molecule has 2 atom stereocenters. The van der Waals surface area contributed by atoms with Crippen molar-refractivity contribution in [3.63, 3.8) is 0 Å². The lowest BCUT2D eigenvalue weighted by atomic mass is 9.80. The molecule has 0 bridgehead atoms. The lowest BCUT2D eigenvalue weighted by Crippen LogP contribution is -2.39. The van der Waals surface area contributed by atoms with E-state index in [1.165, 1.54) is 24.8 Å². The lowest BCUT2D eigenvalue weighted by Gasteiger charge is -2.25. The highest BCUT2D eigenvalue weighted by molar-refractivity contribution is 5.77. The van der Waals surface area contributed by atoms with Crippen LogP contribution in [-0.2, 0) is 11.3 Å². The van der Waals surface area contributed by atoms with Gasteiger partial charge in [0.15, 0.2) is 0 Å². The Hall–Kier alpha value is -2.25. The minimum atomic E-state index is -4.64. The molecule has 1 heterocycles. The number of carboxylic acid groups (broad SMARTS) is 1. The van der Waals surface area contributed by atoms with Gasteiger partial charge in [-0.2, -0.15) is 13.2 Å². The maximum atomic E-state index is 13.0. The molecule has 2 aliphatic rings. The minimum absolute atomic E-state index is 0.189. The van der Waals surface area contributed by atoms with E-state index in [-0.39, 0.29) is 6.54 Å². The van der Waals surface area contributed by atoms with E-state index in [0.717, 1.165) is 10.5 Å². The number of urea groups is 1. The van der Waals surface area contributed by atoms with Crippen molar-refractivity contribution >= 4 is 12.0 Å². The summed E-state index contributed by atoms with van der Waals surface area (Å²) in [5, 5.41) is 11.6. The van der Waals surface area contributed by atoms with Crippen LogP contribution in [0.4, 0.5) is 18.0 Å². The van der Waals surface area contributed by atoms with E-state index in [9.17, 15) is 22.8 Å². The summed E-state index contributed by atoms with van der Waals surface area (Å²) in [6.45, 7) is -0.881. The van der Waals surface area contributed by atoms with Crippen LogP contribution in [0.5, 0.6) is 0 Å². The number of amides is 2. The van der Waals surface area contributed by atoms with Crippen molar-refractivity contribution in [3.8, 4) is 0 Å². The van der Waals surface area contributed by atoms with E-state index in [1.807, 2.05) is 24.3 Å². The van der Waals surface area contributed by atoms with E-state index >= 15 is 0 Å². The molecule has 8 heteroatoms. The molecule has 1 aliphatic heterocycles. The van der Waals surface area contributed by atoms with E-state index in [0.29, 0.717) is 5.92 Å². The summed E-state index contributed by atoms with van der Waals surface area (Å²) in [5.74, 6) is -4.58.